The van der Waals surface area contributed by atoms with Crippen LogP contribution in [0.25, 0.3) is 0 Å². The van der Waals surface area contributed by atoms with Crippen LogP contribution in [0.2, 0.25) is 5.15 Å². The smallest absolute Gasteiger partial charge is 0.239 e. The molecule has 56 valence electrons. The van der Waals surface area contributed by atoms with Gasteiger partial charge in [0, 0.05) is 5.69 Å². The van der Waals surface area contributed by atoms with Gasteiger partial charge in [-0.2, -0.15) is 4.99 Å². The van der Waals surface area contributed by atoms with Crippen molar-refractivity contribution >= 4 is 23.4 Å². The number of isocyanates is 1. The minimum Gasteiger partial charge on any atom is -0.239 e. The number of rotatable bonds is 1. The molecule has 1 heterocycles. The van der Waals surface area contributed by atoms with Crippen molar-refractivity contribution in [3.05, 3.63) is 23.0 Å². The van der Waals surface area contributed by atoms with E-state index in [-0.39, 0.29) is 5.15 Å². The van der Waals surface area contributed by atoms with Gasteiger partial charge in [-0.05, 0) is 19.1 Å². The molecule has 0 saturated carbocycles. The van der Waals surface area contributed by atoms with E-state index in [1.54, 1.807) is 19.1 Å². The predicted octanol–water partition coefficient (Wildman–Crippen LogP) is 2.01. The summed E-state index contributed by atoms with van der Waals surface area (Å²) < 4.78 is 0. The first-order valence-electron chi connectivity index (χ1n) is 2.95. The lowest BCUT2D eigenvalue weighted by atomic mass is 10.3. The first kappa shape index (κ1) is 7.92. The molecule has 0 saturated heterocycles. The van der Waals surface area contributed by atoms with Crippen LogP contribution in [0.1, 0.15) is 5.69 Å². The highest BCUT2D eigenvalue weighted by atomic mass is 35.5. The molecule has 0 spiro atoms. The van der Waals surface area contributed by atoms with Crippen molar-refractivity contribution in [3.8, 4) is 0 Å². The van der Waals surface area contributed by atoms with E-state index < -0.39 is 0 Å². The molecule has 3 nitrogen and oxygen atoms in total. The molecule has 0 unspecified atom stereocenters. The van der Waals surface area contributed by atoms with Gasteiger partial charge in [-0.3, -0.25) is 0 Å². The number of hydrogen-bond donors (Lipinski definition) is 0. The molecular formula is C7H5ClN2O. The molecular weight excluding hydrogens is 164 g/mol. The second-order valence-corrected chi connectivity index (χ2v) is 2.32. The van der Waals surface area contributed by atoms with Gasteiger partial charge in [-0.25, -0.2) is 9.78 Å². The van der Waals surface area contributed by atoms with Crippen molar-refractivity contribution in [2.24, 2.45) is 4.99 Å². The molecule has 0 aliphatic rings. The van der Waals surface area contributed by atoms with E-state index in [0.717, 1.165) is 5.69 Å². The van der Waals surface area contributed by atoms with Crippen molar-refractivity contribution in [3.63, 3.8) is 0 Å². The van der Waals surface area contributed by atoms with Crippen molar-refractivity contribution in [2.45, 2.75) is 6.92 Å². The fourth-order valence-corrected chi connectivity index (χ4v) is 0.889. The van der Waals surface area contributed by atoms with E-state index in [1.807, 2.05) is 0 Å². The predicted molar refractivity (Wildman–Crippen MR) is 41.8 cm³/mol. The Balaban J connectivity index is 3.19. The summed E-state index contributed by atoms with van der Waals surface area (Å²) in [6.07, 6.45) is 1.39. The zero-order chi connectivity index (χ0) is 8.27. The van der Waals surface area contributed by atoms with E-state index in [1.165, 1.54) is 6.08 Å². The minimum atomic E-state index is 0.230. The highest BCUT2D eigenvalue weighted by molar-refractivity contribution is 6.31. The Labute approximate surface area is 68.7 Å². The van der Waals surface area contributed by atoms with Crippen molar-refractivity contribution in [2.75, 3.05) is 0 Å². The first-order valence-corrected chi connectivity index (χ1v) is 3.33. The number of pyridine rings is 1. The summed E-state index contributed by atoms with van der Waals surface area (Å²) in [7, 11) is 0. The summed E-state index contributed by atoms with van der Waals surface area (Å²) in [5, 5.41) is 0.230. The van der Waals surface area contributed by atoms with E-state index in [9.17, 15) is 4.79 Å². The van der Waals surface area contributed by atoms with Crippen molar-refractivity contribution in [1.29, 1.82) is 0 Å². The number of aromatic nitrogens is 1. The van der Waals surface area contributed by atoms with Crippen LogP contribution in [0, 0.1) is 6.92 Å². The van der Waals surface area contributed by atoms with E-state index in [4.69, 9.17) is 11.6 Å². The molecule has 0 bridgehead atoms. The van der Waals surface area contributed by atoms with E-state index in [0.29, 0.717) is 5.69 Å². The maximum Gasteiger partial charge on any atom is 0.240 e. The number of aryl methyl sites for hydroxylation is 1. The normalized spacial score (nSPS) is 8.91. The van der Waals surface area contributed by atoms with Gasteiger partial charge in [0.15, 0.2) is 5.15 Å². The Kier molecular flexibility index (Phi) is 2.36. The second kappa shape index (κ2) is 3.28. The van der Waals surface area contributed by atoms with Gasteiger partial charge in [-0.15, -0.1) is 0 Å². The van der Waals surface area contributed by atoms with Crippen LogP contribution in [0.15, 0.2) is 17.1 Å². The van der Waals surface area contributed by atoms with E-state index in [2.05, 4.69) is 9.98 Å². The fourth-order valence-electron chi connectivity index (χ4n) is 0.650. The maximum atomic E-state index is 9.83. The summed E-state index contributed by atoms with van der Waals surface area (Å²) in [4.78, 5) is 17.1. The maximum absolute atomic E-state index is 9.83. The van der Waals surface area contributed by atoms with Crippen LogP contribution in [0.3, 0.4) is 0 Å². The number of aliphatic imine (C=N–C) groups is 1. The lowest BCUT2D eigenvalue weighted by Crippen LogP contribution is -1.80. The lowest BCUT2D eigenvalue weighted by Gasteiger charge is -1.94. The van der Waals surface area contributed by atoms with Crippen LogP contribution >= 0.6 is 11.6 Å². The summed E-state index contributed by atoms with van der Waals surface area (Å²) >= 11 is 5.62. The van der Waals surface area contributed by atoms with E-state index >= 15 is 0 Å². The second-order valence-electron chi connectivity index (χ2n) is 1.97. The van der Waals surface area contributed by atoms with Gasteiger partial charge < -0.3 is 0 Å². The molecule has 0 aliphatic heterocycles. The SMILES string of the molecule is Cc1ccc(N=C=O)c(Cl)n1. The van der Waals surface area contributed by atoms with Gasteiger partial charge >= 0.3 is 0 Å². The Morgan fingerprint density at radius 1 is 1.64 bits per heavy atom. The molecule has 4 heteroatoms. The lowest BCUT2D eigenvalue weighted by molar-refractivity contribution is 0.565. The van der Waals surface area contributed by atoms with Crippen LogP contribution in [0.4, 0.5) is 5.69 Å². The van der Waals surface area contributed by atoms with Crippen LogP contribution in [0.5, 0.6) is 0 Å². The summed E-state index contributed by atoms with van der Waals surface area (Å²) in [5.74, 6) is 0. The third kappa shape index (κ3) is 1.87. The molecule has 0 N–H and O–H groups in total. The topological polar surface area (TPSA) is 42.3 Å². The van der Waals surface area contributed by atoms with Crippen LogP contribution in [-0.2, 0) is 4.79 Å². The largest absolute Gasteiger partial charge is 0.240 e. The first-order chi connectivity index (χ1) is 5.24. The van der Waals surface area contributed by atoms with Gasteiger partial charge in [0.05, 0.1) is 0 Å². The summed E-state index contributed by atoms with van der Waals surface area (Å²) in [6.45, 7) is 1.81. The molecule has 0 aromatic carbocycles. The third-order valence-electron chi connectivity index (χ3n) is 1.13. The van der Waals surface area contributed by atoms with Gasteiger partial charge in [0.1, 0.15) is 5.69 Å². The zero-order valence-electron chi connectivity index (χ0n) is 5.84. The van der Waals surface area contributed by atoms with Crippen molar-refractivity contribution in [1.82, 2.24) is 4.98 Å². The average Bonchev–Trinajstić information content (AvgIpc) is 1.95. The van der Waals surface area contributed by atoms with Crippen LogP contribution in [-0.4, -0.2) is 11.1 Å². The average molecular weight is 169 g/mol. The molecule has 1 rings (SSSR count). The number of nitrogens with zero attached hydrogens (tertiary/aromatic N) is 2. The standard InChI is InChI=1S/C7H5ClN2O/c1-5-2-3-6(9-4-11)7(8)10-5/h2-3H,1H3. The Bertz CT molecular complexity index is 318. The molecule has 0 radical (unpaired) electrons. The summed E-state index contributed by atoms with van der Waals surface area (Å²) in [6, 6.07) is 3.34. The fraction of sp³-hybridized carbons (Fsp3) is 0.143. The molecule has 1 aromatic heterocycles. The molecule has 0 atom stereocenters. The number of carbonyl (C=O) groups excluding carboxylic acids is 1. The van der Waals surface area contributed by atoms with Gasteiger partial charge in [0.2, 0.25) is 6.08 Å². The van der Waals surface area contributed by atoms with Crippen LogP contribution < -0.4 is 0 Å². The molecule has 0 amide bonds. The Morgan fingerprint density at radius 2 is 2.36 bits per heavy atom. The number of halogens is 1. The monoisotopic (exact) mass is 168 g/mol. The highest BCUT2D eigenvalue weighted by Crippen LogP contribution is 2.21. The third-order valence-corrected chi connectivity index (χ3v) is 1.41. The molecule has 11 heavy (non-hydrogen) atoms. The molecule has 0 fully saturated rings. The molecule has 0 aliphatic carbocycles. The quantitative estimate of drug-likeness (QED) is 0.366. The Hall–Kier alpha value is -1.18. The summed E-state index contributed by atoms with van der Waals surface area (Å²) in [5.41, 5.74) is 1.15. The van der Waals surface area contributed by atoms with Gasteiger partial charge in [-0.1, -0.05) is 11.6 Å². The molecule has 1 aromatic rings. The number of hydrogen-bond acceptors (Lipinski definition) is 3. The minimum absolute atomic E-state index is 0.230. The van der Waals surface area contributed by atoms with Crippen molar-refractivity contribution < 1.29 is 4.79 Å². The zero-order valence-corrected chi connectivity index (χ0v) is 6.59. The highest BCUT2D eigenvalue weighted by Gasteiger charge is 1.98. The van der Waals surface area contributed by atoms with Gasteiger partial charge in [0.25, 0.3) is 0 Å². The Morgan fingerprint density at radius 3 is 2.91 bits per heavy atom.